The molecular weight excluding hydrogens is 288 g/mol. The Morgan fingerprint density at radius 3 is 2.61 bits per heavy atom. The Hall–Kier alpha value is -3.02. The molecule has 0 aliphatic heterocycles. The Morgan fingerprint density at radius 1 is 0.870 bits per heavy atom. The lowest BCUT2D eigenvalue weighted by atomic mass is 10.2. The number of nitrogens with zero attached hydrogens (tertiary/aromatic N) is 4. The van der Waals surface area contributed by atoms with Gasteiger partial charge in [0, 0.05) is 43.6 Å². The van der Waals surface area contributed by atoms with E-state index in [0.29, 0.717) is 12.5 Å². The number of nitrogens with one attached hydrogen (secondary N) is 2. The molecule has 0 bridgehead atoms. The predicted molar refractivity (Wildman–Crippen MR) is 91.2 cm³/mol. The molecule has 6 nitrogen and oxygen atoms in total. The van der Waals surface area contributed by atoms with Crippen LogP contribution < -0.4 is 10.6 Å². The summed E-state index contributed by atoms with van der Waals surface area (Å²) < 4.78 is 0. The van der Waals surface area contributed by atoms with Crippen molar-refractivity contribution in [1.29, 1.82) is 0 Å². The van der Waals surface area contributed by atoms with Crippen molar-refractivity contribution in [3.05, 3.63) is 60.7 Å². The third kappa shape index (κ3) is 4.00. The summed E-state index contributed by atoms with van der Waals surface area (Å²) in [4.78, 5) is 17.1. The molecule has 0 saturated heterocycles. The highest BCUT2D eigenvalue weighted by Crippen LogP contribution is 2.14. The fraction of sp³-hybridized carbons (Fsp3) is 0.176. The topological polar surface area (TPSA) is 75.6 Å². The summed E-state index contributed by atoms with van der Waals surface area (Å²) in [5, 5.41) is 6.58. The van der Waals surface area contributed by atoms with Gasteiger partial charge in [0.05, 0.1) is 11.4 Å². The van der Waals surface area contributed by atoms with E-state index in [-0.39, 0.29) is 0 Å². The summed E-state index contributed by atoms with van der Waals surface area (Å²) >= 11 is 0. The van der Waals surface area contributed by atoms with E-state index in [0.717, 1.165) is 29.2 Å². The largest absolute Gasteiger partial charge is 0.383 e. The van der Waals surface area contributed by atoms with Crippen molar-refractivity contribution in [2.75, 3.05) is 23.7 Å². The van der Waals surface area contributed by atoms with Gasteiger partial charge in [-0.25, -0.2) is 9.97 Å². The summed E-state index contributed by atoms with van der Waals surface area (Å²) in [6, 6.07) is 9.58. The Balaban J connectivity index is 1.56. The molecule has 0 aromatic carbocycles. The molecular formula is C17H18N6. The average molecular weight is 306 g/mol. The van der Waals surface area contributed by atoms with E-state index in [1.165, 1.54) is 0 Å². The molecule has 0 atom stereocenters. The zero-order valence-corrected chi connectivity index (χ0v) is 12.9. The van der Waals surface area contributed by atoms with E-state index in [2.05, 4.69) is 30.6 Å². The predicted octanol–water partition coefficient (Wildman–Crippen LogP) is 2.77. The Kier molecular flexibility index (Phi) is 4.73. The maximum atomic E-state index is 4.48. The van der Waals surface area contributed by atoms with Crippen LogP contribution in [0, 0.1) is 6.92 Å². The maximum absolute atomic E-state index is 4.48. The lowest BCUT2D eigenvalue weighted by Gasteiger charge is -2.10. The van der Waals surface area contributed by atoms with Crippen LogP contribution in [0.1, 0.15) is 5.56 Å². The second-order valence-electron chi connectivity index (χ2n) is 5.02. The van der Waals surface area contributed by atoms with Gasteiger partial charge in [-0.3, -0.25) is 9.97 Å². The minimum absolute atomic E-state index is 0.599. The molecule has 6 heteroatoms. The smallest absolute Gasteiger partial charge is 0.223 e. The quantitative estimate of drug-likeness (QED) is 0.682. The molecule has 3 aromatic rings. The molecule has 2 N–H and O–H groups in total. The summed E-state index contributed by atoms with van der Waals surface area (Å²) in [6.07, 6.45) is 7.11. The third-order valence-electron chi connectivity index (χ3n) is 3.33. The van der Waals surface area contributed by atoms with Gasteiger partial charge in [0.25, 0.3) is 0 Å². The first kappa shape index (κ1) is 14.9. The van der Waals surface area contributed by atoms with Crippen LogP contribution in [0.25, 0.3) is 11.4 Å². The van der Waals surface area contributed by atoms with Crippen LogP contribution in [0.5, 0.6) is 0 Å². The number of hydrogen-bond donors (Lipinski definition) is 2. The Bertz CT molecular complexity index is 760. The molecule has 0 spiro atoms. The number of rotatable bonds is 6. The van der Waals surface area contributed by atoms with Crippen LogP contribution >= 0.6 is 0 Å². The highest BCUT2D eigenvalue weighted by Gasteiger charge is 2.02. The molecule has 0 aliphatic carbocycles. The summed E-state index contributed by atoms with van der Waals surface area (Å²) in [5.74, 6) is 0.599. The molecule has 0 radical (unpaired) electrons. The first-order chi connectivity index (χ1) is 11.3. The van der Waals surface area contributed by atoms with Gasteiger partial charge in [0.2, 0.25) is 5.95 Å². The minimum Gasteiger partial charge on any atom is -0.383 e. The molecule has 3 aromatic heterocycles. The number of hydrogen-bond acceptors (Lipinski definition) is 6. The van der Waals surface area contributed by atoms with Crippen molar-refractivity contribution in [2.24, 2.45) is 0 Å². The van der Waals surface area contributed by atoms with Gasteiger partial charge in [0.15, 0.2) is 0 Å². The zero-order valence-electron chi connectivity index (χ0n) is 12.9. The van der Waals surface area contributed by atoms with Crippen molar-refractivity contribution in [3.63, 3.8) is 0 Å². The summed E-state index contributed by atoms with van der Waals surface area (Å²) in [5.41, 5.74) is 3.86. The average Bonchev–Trinajstić information content (AvgIpc) is 2.61. The van der Waals surface area contributed by atoms with Gasteiger partial charge in [-0.15, -0.1) is 0 Å². The second-order valence-corrected chi connectivity index (χ2v) is 5.02. The molecule has 116 valence electrons. The number of pyridine rings is 2. The van der Waals surface area contributed by atoms with Crippen molar-refractivity contribution >= 4 is 11.6 Å². The molecule has 3 rings (SSSR count). The Morgan fingerprint density at radius 2 is 1.78 bits per heavy atom. The molecule has 23 heavy (non-hydrogen) atoms. The highest BCUT2D eigenvalue weighted by molar-refractivity contribution is 5.54. The lowest BCUT2D eigenvalue weighted by Crippen LogP contribution is -2.15. The SMILES string of the molecule is Cc1cnccc1NCCNc1nccc(-c2ccccn2)n1. The zero-order chi connectivity index (χ0) is 15.9. The van der Waals surface area contributed by atoms with Gasteiger partial charge < -0.3 is 10.6 Å². The molecule has 0 fully saturated rings. The van der Waals surface area contributed by atoms with Crippen LogP contribution in [0.15, 0.2) is 55.1 Å². The van der Waals surface area contributed by atoms with Crippen LogP contribution in [0.4, 0.5) is 11.6 Å². The molecule has 0 saturated carbocycles. The molecule has 3 heterocycles. The van der Waals surface area contributed by atoms with E-state index in [9.17, 15) is 0 Å². The number of anilines is 2. The van der Waals surface area contributed by atoms with Crippen LogP contribution in [0.3, 0.4) is 0 Å². The third-order valence-corrected chi connectivity index (χ3v) is 3.33. The van der Waals surface area contributed by atoms with Crippen molar-refractivity contribution < 1.29 is 0 Å². The second kappa shape index (κ2) is 7.31. The first-order valence-corrected chi connectivity index (χ1v) is 7.46. The van der Waals surface area contributed by atoms with Crippen LogP contribution in [-0.2, 0) is 0 Å². The fourth-order valence-electron chi connectivity index (χ4n) is 2.14. The normalized spacial score (nSPS) is 10.3. The van der Waals surface area contributed by atoms with E-state index in [4.69, 9.17) is 0 Å². The van der Waals surface area contributed by atoms with Gasteiger partial charge in [-0.2, -0.15) is 0 Å². The number of aryl methyl sites for hydroxylation is 1. The van der Waals surface area contributed by atoms with E-state index in [1.54, 1.807) is 18.6 Å². The lowest BCUT2D eigenvalue weighted by molar-refractivity contribution is 1.02. The molecule has 0 aliphatic rings. The van der Waals surface area contributed by atoms with Gasteiger partial charge >= 0.3 is 0 Å². The maximum Gasteiger partial charge on any atom is 0.223 e. The molecule has 0 amide bonds. The first-order valence-electron chi connectivity index (χ1n) is 7.46. The van der Waals surface area contributed by atoms with Gasteiger partial charge in [0.1, 0.15) is 0 Å². The van der Waals surface area contributed by atoms with Gasteiger partial charge in [-0.1, -0.05) is 6.07 Å². The van der Waals surface area contributed by atoms with Crippen molar-refractivity contribution in [3.8, 4) is 11.4 Å². The Labute approximate surface area is 135 Å². The monoisotopic (exact) mass is 306 g/mol. The summed E-state index contributed by atoms with van der Waals surface area (Å²) in [6.45, 7) is 3.51. The summed E-state index contributed by atoms with van der Waals surface area (Å²) in [7, 11) is 0. The number of aromatic nitrogens is 4. The molecule has 0 unspecified atom stereocenters. The standard InChI is InChI=1S/C17H18N6/c1-13-12-18-8-5-14(13)20-10-11-22-17-21-9-6-16(23-17)15-4-2-3-7-19-15/h2-9,12H,10-11H2,1H3,(H,18,20)(H,21,22,23). The van der Waals surface area contributed by atoms with Gasteiger partial charge in [-0.05, 0) is 36.8 Å². The fourth-order valence-corrected chi connectivity index (χ4v) is 2.14. The van der Waals surface area contributed by atoms with Crippen LogP contribution in [0.2, 0.25) is 0 Å². The van der Waals surface area contributed by atoms with Crippen LogP contribution in [-0.4, -0.2) is 33.0 Å². The van der Waals surface area contributed by atoms with E-state index < -0.39 is 0 Å². The highest BCUT2D eigenvalue weighted by atomic mass is 15.1. The minimum atomic E-state index is 0.599. The van der Waals surface area contributed by atoms with Crippen molar-refractivity contribution in [2.45, 2.75) is 6.92 Å². The van der Waals surface area contributed by atoms with Crippen molar-refractivity contribution in [1.82, 2.24) is 19.9 Å². The van der Waals surface area contributed by atoms with E-state index >= 15 is 0 Å². The van der Waals surface area contributed by atoms with E-state index in [1.807, 2.05) is 43.5 Å².